The maximum absolute atomic E-state index is 11.4. The predicted molar refractivity (Wildman–Crippen MR) is 96.5 cm³/mol. The van der Waals surface area contributed by atoms with E-state index in [1.165, 1.54) is 25.5 Å². The van der Waals surface area contributed by atoms with Crippen LogP contribution in [0.4, 0.5) is 0 Å². The third-order valence-electron chi connectivity index (χ3n) is 2.92. The first-order valence-corrected chi connectivity index (χ1v) is 7.51. The van der Waals surface area contributed by atoms with E-state index in [0.29, 0.717) is 12.3 Å². The summed E-state index contributed by atoms with van der Waals surface area (Å²) < 4.78 is 4.76. The van der Waals surface area contributed by atoms with Crippen LogP contribution in [-0.4, -0.2) is 18.6 Å². The molecule has 0 aromatic carbocycles. The van der Waals surface area contributed by atoms with Gasteiger partial charge in [0.2, 0.25) is 0 Å². The minimum Gasteiger partial charge on any atom is -0.469 e. The largest absolute Gasteiger partial charge is 0.469 e. The summed E-state index contributed by atoms with van der Waals surface area (Å²) in [5, 5.41) is 0. The van der Waals surface area contributed by atoms with Crippen LogP contribution in [0, 0.1) is 5.92 Å². The number of carbonyl (C=O) groups is 1. The van der Waals surface area contributed by atoms with Crippen LogP contribution >= 0.6 is 0 Å². The lowest BCUT2D eigenvalue weighted by atomic mass is 9.91. The van der Waals surface area contributed by atoms with Crippen molar-refractivity contribution in [2.24, 2.45) is 5.92 Å². The van der Waals surface area contributed by atoms with Crippen molar-refractivity contribution in [3.05, 3.63) is 36.5 Å². The number of allylic oxidation sites excluding steroid dienone is 5. The Bertz CT molecular complexity index is 313. The van der Waals surface area contributed by atoms with Crippen molar-refractivity contribution in [1.29, 1.82) is 0 Å². The molecule has 0 amide bonds. The van der Waals surface area contributed by atoms with E-state index in [4.69, 9.17) is 4.74 Å². The molecule has 3 nitrogen and oxygen atoms in total. The zero-order chi connectivity index (χ0) is 15.8. The van der Waals surface area contributed by atoms with E-state index in [2.05, 4.69) is 25.7 Å². The maximum Gasteiger partial charge on any atom is 0.305 e. The predicted octanol–water partition coefficient (Wildman–Crippen LogP) is 5.13. The van der Waals surface area contributed by atoms with Crippen molar-refractivity contribution in [2.75, 3.05) is 7.11 Å². The first kappa shape index (κ1) is 24.7. The highest BCUT2D eigenvalue weighted by Gasteiger charge is 2.14. The molecule has 2 N–H and O–H groups in total. The van der Waals surface area contributed by atoms with Gasteiger partial charge >= 0.3 is 5.97 Å². The molecular weight excluding hydrogens is 264 g/mol. The summed E-state index contributed by atoms with van der Waals surface area (Å²) in [6.45, 7) is 11.5. The molecule has 0 unspecified atom stereocenters. The highest BCUT2D eigenvalue weighted by molar-refractivity contribution is 5.69. The second-order valence-electron chi connectivity index (χ2n) is 4.76. The fourth-order valence-electron chi connectivity index (χ4n) is 1.92. The summed E-state index contributed by atoms with van der Waals surface area (Å²) in [7, 11) is 1.46. The van der Waals surface area contributed by atoms with Gasteiger partial charge in [-0.1, -0.05) is 49.6 Å². The molecule has 0 rings (SSSR count). The second-order valence-corrected chi connectivity index (χ2v) is 4.76. The third-order valence-corrected chi connectivity index (χ3v) is 2.92. The van der Waals surface area contributed by atoms with E-state index in [1.54, 1.807) is 6.08 Å². The Morgan fingerprint density at radius 1 is 1.29 bits per heavy atom. The van der Waals surface area contributed by atoms with Crippen molar-refractivity contribution in [2.45, 2.75) is 59.8 Å². The smallest absolute Gasteiger partial charge is 0.305 e. The van der Waals surface area contributed by atoms with Crippen molar-refractivity contribution >= 4 is 5.97 Å². The zero-order valence-electron chi connectivity index (χ0n) is 14.4. The van der Waals surface area contributed by atoms with Crippen LogP contribution in [-0.2, 0) is 9.53 Å². The summed E-state index contributed by atoms with van der Waals surface area (Å²) in [6, 6.07) is 0. The summed E-state index contributed by atoms with van der Waals surface area (Å²) in [4.78, 5) is 11.4. The number of methoxy groups -OCH3 is 1. The number of rotatable bonds is 8. The number of unbranched alkanes of at least 4 members (excludes halogenated alkanes) is 1. The molecule has 0 spiro atoms. The molecule has 128 valence electrons. The second kappa shape index (κ2) is 18.7. The van der Waals surface area contributed by atoms with Gasteiger partial charge in [0.1, 0.15) is 0 Å². The first-order chi connectivity index (χ1) is 9.59. The maximum atomic E-state index is 11.4. The summed E-state index contributed by atoms with van der Waals surface area (Å²) in [5.74, 6) is 0.312. The van der Waals surface area contributed by atoms with Gasteiger partial charge in [-0.05, 0) is 39.5 Å². The Labute approximate surface area is 134 Å². The molecule has 0 saturated heterocycles. The van der Waals surface area contributed by atoms with Crippen LogP contribution in [0.2, 0.25) is 0 Å². The average Bonchev–Trinajstić information content (AvgIpc) is 2.44. The quantitative estimate of drug-likeness (QED) is 0.354. The van der Waals surface area contributed by atoms with Gasteiger partial charge in [0, 0.05) is 9.27 Å². The van der Waals surface area contributed by atoms with Crippen molar-refractivity contribution < 1.29 is 17.9 Å². The van der Waals surface area contributed by atoms with Crippen LogP contribution in [0.25, 0.3) is 0 Å². The van der Waals surface area contributed by atoms with Gasteiger partial charge in [0.25, 0.3) is 0 Å². The molecule has 0 heterocycles. The number of hydrogen-bond acceptors (Lipinski definition) is 2. The van der Waals surface area contributed by atoms with E-state index in [-0.39, 0.29) is 14.3 Å². The van der Waals surface area contributed by atoms with Crippen LogP contribution in [0.1, 0.15) is 62.7 Å². The molecule has 0 aromatic heterocycles. The van der Waals surface area contributed by atoms with Gasteiger partial charge in [0.05, 0.1) is 7.11 Å². The molecule has 0 aliphatic heterocycles. The molecule has 0 aromatic rings. The van der Waals surface area contributed by atoms with Gasteiger partial charge in [-0.15, -0.1) is 6.58 Å². The summed E-state index contributed by atoms with van der Waals surface area (Å²) >= 11 is 0. The average molecular weight is 302 g/mol. The van der Waals surface area contributed by atoms with Gasteiger partial charge in [-0.25, -0.2) is 0 Å². The van der Waals surface area contributed by atoms with E-state index < -0.39 is 0 Å². The number of hydrogen-bond donors (Lipinski definition) is 0. The Balaban J connectivity index is -0.000000166. The molecule has 0 bridgehead atoms. The van der Waals surface area contributed by atoms with Crippen LogP contribution in [0.3, 0.4) is 0 Å². The minimum atomic E-state index is -0.0953. The van der Waals surface area contributed by atoms with Crippen LogP contribution < -0.4 is 0 Å². The Morgan fingerprint density at radius 2 is 1.86 bits per heavy atom. The molecule has 0 fully saturated rings. The number of carbonyl (C=O) groups excluding carboxylic acids is 1. The fourth-order valence-corrected chi connectivity index (χ4v) is 1.92. The van der Waals surface area contributed by atoms with Gasteiger partial charge in [-0.2, -0.15) is 0 Å². The molecule has 0 aliphatic carbocycles. The number of ether oxygens (including phenoxy) is 1. The lowest BCUT2D eigenvalue weighted by molar-refractivity contribution is -0.141. The molecule has 0 saturated carbocycles. The Kier molecular flexibility index (Phi) is 21.9. The van der Waals surface area contributed by atoms with Crippen molar-refractivity contribution in [3.63, 3.8) is 0 Å². The van der Waals surface area contributed by atoms with Crippen molar-refractivity contribution in [3.8, 4) is 0 Å². The van der Waals surface area contributed by atoms with E-state index >= 15 is 0 Å². The Hall–Kier alpha value is -1.35. The van der Waals surface area contributed by atoms with E-state index in [0.717, 1.165) is 12.8 Å². The minimum absolute atomic E-state index is 0. The first-order valence-electron chi connectivity index (χ1n) is 7.51. The zero-order valence-corrected chi connectivity index (χ0v) is 14.4. The standard InChI is InChI=1S/C15H26O2.C3H6.H2O.2H2/c1-5-8-10-14(12-15(16)17-4)11-13(7-3)9-6-2;1-3-2;;;/h6-7,9,14H,5,8,10-12H2,1-4H3;3H,1H2,2H3;1H2;2*1H/b9-6-,13-7+;;;;/t14-;;;;/m1..../s1. The lowest BCUT2D eigenvalue weighted by Crippen LogP contribution is -2.10. The normalized spacial score (nSPS) is 12.0. The highest BCUT2D eigenvalue weighted by Crippen LogP contribution is 2.22. The SMILES string of the molecule is C/C=C\C(=C/C)C[C@@H](CCCC)CC(=O)OC.C=CC.O.[HH].[HH]. The fraction of sp³-hybridized carbons (Fsp3) is 0.611. The molecule has 3 heteroatoms. The molecule has 0 radical (unpaired) electrons. The van der Waals surface area contributed by atoms with Crippen LogP contribution in [0.5, 0.6) is 0 Å². The van der Waals surface area contributed by atoms with E-state index in [9.17, 15) is 4.79 Å². The Morgan fingerprint density at radius 3 is 2.24 bits per heavy atom. The summed E-state index contributed by atoms with van der Waals surface area (Å²) in [5.41, 5.74) is 1.30. The van der Waals surface area contributed by atoms with Gasteiger partial charge < -0.3 is 10.2 Å². The molecule has 21 heavy (non-hydrogen) atoms. The molecule has 1 atom stereocenters. The monoisotopic (exact) mass is 302 g/mol. The van der Waals surface area contributed by atoms with Gasteiger partial charge in [-0.3, -0.25) is 4.79 Å². The van der Waals surface area contributed by atoms with E-state index in [1.807, 2.05) is 26.8 Å². The van der Waals surface area contributed by atoms with Crippen LogP contribution in [0.15, 0.2) is 36.5 Å². The molecule has 0 aliphatic rings. The lowest BCUT2D eigenvalue weighted by Gasteiger charge is -2.15. The number of esters is 1. The topological polar surface area (TPSA) is 57.8 Å². The van der Waals surface area contributed by atoms with Crippen molar-refractivity contribution in [1.82, 2.24) is 0 Å². The third kappa shape index (κ3) is 16.6. The summed E-state index contributed by atoms with van der Waals surface area (Å²) in [6.07, 6.45) is 13.0. The highest BCUT2D eigenvalue weighted by atomic mass is 16.5. The molecular formula is C18H38O3. The van der Waals surface area contributed by atoms with Gasteiger partial charge in [0.15, 0.2) is 0 Å².